The second kappa shape index (κ2) is 5.54. The highest BCUT2D eigenvalue weighted by Gasteiger charge is 2.38. The van der Waals surface area contributed by atoms with Gasteiger partial charge in [-0.1, -0.05) is 0 Å². The molecular formula is C6H6F3N3O4S. The van der Waals surface area contributed by atoms with E-state index in [0.29, 0.717) is 0 Å². The van der Waals surface area contributed by atoms with Crippen LogP contribution in [-0.4, -0.2) is 35.6 Å². The molecule has 0 spiro atoms. The number of alkyl halides is 3. The molecule has 0 saturated carbocycles. The molecule has 0 aliphatic carbocycles. The van der Waals surface area contributed by atoms with Crippen LogP contribution in [-0.2, 0) is 14.8 Å². The Morgan fingerprint density at radius 3 is 2.00 bits per heavy atom. The van der Waals surface area contributed by atoms with Crippen LogP contribution >= 0.6 is 0 Å². The lowest BCUT2D eigenvalue weighted by Crippen LogP contribution is -2.21. The first-order chi connectivity index (χ1) is 7.55. The van der Waals surface area contributed by atoms with Gasteiger partial charge in [-0.15, -0.1) is 0 Å². The van der Waals surface area contributed by atoms with E-state index < -0.39 is 22.2 Å². The topological polar surface area (TPSA) is 123 Å². The van der Waals surface area contributed by atoms with Crippen LogP contribution in [0, 0.1) is 0 Å². The van der Waals surface area contributed by atoms with Crippen molar-refractivity contribution in [3.63, 3.8) is 0 Å². The molecule has 0 amide bonds. The number of halogens is 3. The molecule has 0 radical (unpaired) electrons. The lowest BCUT2D eigenvalue weighted by atomic mass is 10.7. The average molecular weight is 273 g/mol. The van der Waals surface area contributed by atoms with E-state index in [4.69, 9.17) is 15.0 Å². The van der Waals surface area contributed by atoms with Gasteiger partial charge in [0.1, 0.15) is 0 Å². The summed E-state index contributed by atoms with van der Waals surface area (Å²) in [6.45, 7) is 0. The summed E-state index contributed by atoms with van der Waals surface area (Å²) in [4.78, 5) is 15.9. The van der Waals surface area contributed by atoms with Crippen molar-refractivity contribution in [3.8, 4) is 0 Å². The second-order valence-electron chi connectivity index (χ2n) is 2.39. The smallest absolute Gasteiger partial charge is 0.475 e. The number of carbonyl (C=O) groups is 1. The molecule has 1 rings (SSSR count). The molecule has 3 N–H and O–H groups in total. The summed E-state index contributed by atoms with van der Waals surface area (Å²) < 4.78 is 52.8. The predicted octanol–water partition coefficient (Wildman–Crippen LogP) is -0.243. The molecule has 0 saturated heterocycles. The van der Waals surface area contributed by atoms with Gasteiger partial charge in [0.2, 0.25) is 0 Å². The van der Waals surface area contributed by atoms with Gasteiger partial charge in [0.25, 0.3) is 10.0 Å². The number of carboxylic acid groups (broad SMARTS) is 1. The van der Waals surface area contributed by atoms with Gasteiger partial charge in [0, 0.05) is 12.4 Å². The van der Waals surface area contributed by atoms with E-state index in [9.17, 15) is 21.6 Å². The molecule has 7 nitrogen and oxygen atoms in total. The molecule has 11 heteroatoms. The van der Waals surface area contributed by atoms with Crippen LogP contribution in [0.1, 0.15) is 0 Å². The van der Waals surface area contributed by atoms with E-state index in [1.54, 1.807) is 0 Å². The summed E-state index contributed by atoms with van der Waals surface area (Å²) in [5.74, 6) is -2.76. The van der Waals surface area contributed by atoms with E-state index in [0.717, 1.165) is 6.20 Å². The van der Waals surface area contributed by atoms with Crippen LogP contribution in [0.3, 0.4) is 0 Å². The van der Waals surface area contributed by atoms with Gasteiger partial charge in [0.15, 0.2) is 5.03 Å². The number of aromatic nitrogens is 2. The van der Waals surface area contributed by atoms with Crippen LogP contribution in [0.15, 0.2) is 23.6 Å². The van der Waals surface area contributed by atoms with Gasteiger partial charge < -0.3 is 5.11 Å². The molecular weight excluding hydrogens is 267 g/mol. The molecule has 0 bridgehead atoms. The maximum absolute atomic E-state index is 10.6. The van der Waals surface area contributed by atoms with Crippen molar-refractivity contribution in [2.45, 2.75) is 11.2 Å². The molecule has 0 unspecified atom stereocenters. The summed E-state index contributed by atoms with van der Waals surface area (Å²) >= 11 is 0. The van der Waals surface area contributed by atoms with Crippen molar-refractivity contribution in [3.05, 3.63) is 18.6 Å². The summed E-state index contributed by atoms with van der Waals surface area (Å²) in [6, 6.07) is 0. The minimum Gasteiger partial charge on any atom is -0.475 e. The Labute approximate surface area is 93.2 Å². The fraction of sp³-hybridized carbons (Fsp3) is 0.167. The van der Waals surface area contributed by atoms with E-state index in [2.05, 4.69) is 9.97 Å². The molecule has 1 aromatic heterocycles. The lowest BCUT2D eigenvalue weighted by molar-refractivity contribution is -0.192. The maximum Gasteiger partial charge on any atom is 0.490 e. The highest BCUT2D eigenvalue weighted by atomic mass is 32.2. The number of nitrogens with two attached hydrogens (primary N) is 1. The fourth-order valence-electron chi connectivity index (χ4n) is 0.432. The fourth-order valence-corrected chi connectivity index (χ4v) is 0.848. The van der Waals surface area contributed by atoms with Crippen molar-refractivity contribution in [1.29, 1.82) is 0 Å². The monoisotopic (exact) mass is 273 g/mol. The Hall–Kier alpha value is -1.75. The summed E-state index contributed by atoms with van der Waals surface area (Å²) in [7, 11) is -3.68. The Morgan fingerprint density at radius 1 is 1.35 bits per heavy atom. The quantitative estimate of drug-likeness (QED) is 0.727. The molecule has 0 fully saturated rings. The van der Waals surface area contributed by atoms with Gasteiger partial charge in [-0.2, -0.15) is 13.2 Å². The third kappa shape index (κ3) is 6.42. The van der Waals surface area contributed by atoms with Crippen molar-refractivity contribution >= 4 is 16.0 Å². The zero-order chi connectivity index (χ0) is 13.7. The highest BCUT2D eigenvalue weighted by Crippen LogP contribution is 2.13. The number of aliphatic carboxylic acids is 1. The minimum atomic E-state index is -5.08. The molecule has 1 heterocycles. The van der Waals surface area contributed by atoms with Gasteiger partial charge in [-0.05, 0) is 0 Å². The third-order valence-corrected chi connectivity index (χ3v) is 1.87. The van der Waals surface area contributed by atoms with Gasteiger partial charge >= 0.3 is 12.1 Å². The third-order valence-electron chi connectivity index (χ3n) is 1.07. The highest BCUT2D eigenvalue weighted by molar-refractivity contribution is 7.89. The Bertz CT molecular complexity index is 473. The zero-order valence-corrected chi connectivity index (χ0v) is 8.73. The predicted molar refractivity (Wildman–Crippen MR) is 47.1 cm³/mol. The number of sulfonamides is 1. The van der Waals surface area contributed by atoms with Crippen LogP contribution in [0.4, 0.5) is 13.2 Å². The van der Waals surface area contributed by atoms with Gasteiger partial charge in [-0.3, -0.25) is 4.98 Å². The molecule has 0 aromatic carbocycles. The molecule has 0 atom stereocenters. The summed E-state index contributed by atoms with van der Waals surface area (Å²) in [5.41, 5.74) is 0. The van der Waals surface area contributed by atoms with Crippen molar-refractivity contribution in [2.24, 2.45) is 5.14 Å². The number of hydrogen-bond donors (Lipinski definition) is 2. The summed E-state index contributed by atoms with van der Waals surface area (Å²) in [6.07, 6.45) is -1.36. The first-order valence-corrected chi connectivity index (χ1v) is 5.18. The van der Waals surface area contributed by atoms with Crippen LogP contribution in [0.2, 0.25) is 0 Å². The minimum absolute atomic E-state index is 0.213. The number of rotatable bonds is 1. The van der Waals surface area contributed by atoms with Crippen molar-refractivity contribution in [1.82, 2.24) is 9.97 Å². The van der Waals surface area contributed by atoms with Crippen LogP contribution in [0.5, 0.6) is 0 Å². The van der Waals surface area contributed by atoms with Gasteiger partial charge in [-0.25, -0.2) is 23.3 Å². The molecule has 96 valence electrons. The van der Waals surface area contributed by atoms with E-state index in [1.807, 2.05) is 0 Å². The number of hydrogen-bond acceptors (Lipinski definition) is 5. The standard InChI is InChI=1S/C4H5N3O2S.C2HF3O2/c5-10(8,9)4-3-6-1-2-7-4;3-2(4,5)1(6)7/h1-3H,(H2,5,8,9);(H,6,7). The molecule has 17 heavy (non-hydrogen) atoms. The van der Waals surface area contributed by atoms with Crippen LogP contribution < -0.4 is 5.14 Å². The normalized spacial score (nSPS) is 11.3. The van der Waals surface area contributed by atoms with Crippen molar-refractivity contribution in [2.75, 3.05) is 0 Å². The maximum atomic E-state index is 10.6. The lowest BCUT2D eigenvalue weighted by Gasteiger charge is -1.93. The molecule has 0 aliphatic rings. The Balaban J connectivity index is 0.000000325. The largest absolute Gasteiger partial charge is 0.490 e. The number of primary sulfonamides is 1. The zero-order valence-electron chi connectivity index (χ0n) is 7.92. The average Bonchev–Trinajstić information content (AvgIpc) is 2.17. The molecule has 1 aromatic rings. The first kappa shape index (κ1) is 15.2. The van der Waals surface area contributed by atoms with Gasteiger partial charge in [0.05, 0.1) is 6.20 Å². The first-order valence-electron chi connectivity index (χ1n) is 3.64. The summed E-state index contributed by atoms with van der Waals surface area (Å²) in [5, 5.41) is 11.6. The van der Waals surface area contributed by atoms with Crippen LogP contribution in [0.25, 0.3) is 0 Å². The molecule has 0 aliphatic heterocycles. The van der Waals surface area contributed by atoms with E-state index in [-0.39, 0.29) is 5.03 Å². The Morgan fingerprint density at radius 2 is 1.82 bits per heavy atom. The number of carboxylic acids is 1. The van der Waals surface area contributed by atoms with E-state index >= 15 is 0 Å². The van der Waals surface area contributed by atoms with E-state index in [1.165, 1.54) is 12.4 Å². The SMILES string of the molecule is NS(=O)(=O)c1cnccn1.O=C(O)C(F)(F)F. The Kier molecular flexibility index (Phi) is 4.97. The second-order valence-corrected chi connectivity index (χ2v) is 3.90. The van der Waals surface area contributed by atoms with Crippen molar-refractivity contribution < 1.29 is 31.5 Å². The number of nitrogens with zero attached hydrogens (tertiary/aromatic N) is 2.